The predicted molar refractivity (Wildman–Crippen MR) is 64.8 cm³/mol. The Morgan fingerprint density at radius 3 is 2.28 bits per heavy atom. The molecule has 1 aliphatic heterocycles. The van der Waals surface area contributed by atoms with Crippen LogP contribution in [0.15, 0.2) is 12.1 Å². The van der Waals surface area contributed by atoms with Crippen molar-refractivity contribution < 1.29 is 14.3 Å². The molecule has 0 bridgehead atoms. The van der Waals surface area contributed by atoms with Crippen molar-refractivity contribution in [2.45, 2.75) is 20.1 Å². The minimum Gasteiger partial charge on any atom is -0.348 e. The smallest absolute Gasteiger partial charge is 0.183 e. The fraction of sp³-hybridized carbons (Fsp3) is 0.429. The van der Waals surface area contributed by atoms with E-state index in [4.69, 9.17) is 14.7 Å². The number of ether oxygens (including phenoxy) is 2. The van der Waals surface area contributed by atoms with E-state index in [1.807, 2.05) is 26.0 Å². The average Bonchev–Trinajstić information content (AvgIpc) is 2.38. The van der Waals surface area contributed by atoms with Gasteiger partial charge in [-0.15, -0.1) is 0 Å². The molecule has 0 unspecified atom stereocenters. The van der Waals surface area contributed by atoms with Crippen LogP contribution in [0, 0.1) is 31.1 Å². The number of hydrogen-bond donors (Lipinski definition) is 0. The Morgan fingerprint density at radius 1 is 1.28 bits per heavy atom. The third kappa shape index (κ3) is 2.42. The van der Waals surface area contributed by atoms with Crippen LogP contribution in [0.1, 0.15) is 28.5 Å². The zero-order chi connectivity index (χ0) is 13.1. The lowest BCUT2D eigenvalue weighted by Gasteiger charge is -2.27. The highest BCUT2D eigenvalue weighted by Gasteiger charge is 2.23. The van der Waals surface area contributed by atoms with Gasteiger partial charge in [-0.1, -0.05) is 0 Å². The normalized spacial score (nSPS) is 23.4. The van der Waals surface area contributed by atoms with Crippen molar-refractivity contribution in [2.24, 2.45) is 5.92 Å². The lowest BCUT2D eigenvalue weighted by atomic mass is 10.00. The van der Waals surface area contributed by atoms with Crippen LogP contribution in [0.4, 0.5) is 0 Å². The number of carbonyl (C=O) groups excluding carboxylic acids is 1. The van der Waals surface area contributed by atoms with Crippen molar-refractivity contribution in [3.05, 3.63) is 34.4 Å². The van der Waals surface area contributed by atoms with Gasteiger partial charge in [0.25, 0.3) is 0 Å². The van der Waals surface area contributed by atoms with Gasteiger partial charge in [0.1, 0.15) is 6.29 Å². The maximum absolute atomic E-state index is 10.6. The van der Waals surface area contributed by atoms with Crippen LogP contribution in [-0.4, -0.2) is 19.5 Å². The summed E-state index contributed by atoms with van der Waals surface area (Å²) in [6.45, 7) is 4.55. The van der Waals surface area contributed by atoms with Crippen LogP contribution in [0.25, 0.3) is 0 Å². The summed E-state index contributed by atoms with van der Waals surface area (Å²) in [4.78, 5) is 10.6. The van der Waals surface area contributed by atoms with Gasteiger partial charge < -0.3 is 14.3 Å². The molecule has 0 saturated carbocycles. The zero-order valence-electron chi connectivity index (χ0n) is 10.5. The third-order valence-electron chi connectivity index (χ3n) is 3.05. The quantitative estimate of drug-likeness (QED) is 0.748. The van der Waals surface area contributed by atoms with E-state index in [0.29, 0.717) is 18.8 Å². The van der Waals surface area contributed by atoms with Crippen LogP contribution >= 0.6 is 0 Å². The molecule has 18 heavy (non-hydrogen) atoms. The van der Waals surface area contributed by atoms with E-state index in [9.17, 15) is 4.79 Å². The molecule has 4 nitrogen and oxygen atoms in total. The SMILES string of the molecule is Cc1cc(C2OCC(C=O)CO2)cc(C)c1C#N. The third-order valence-corrected chi connectivity index (χ3v) is 3.05. The number of rotatable bonds is 2. The fourth-order valence-corrected chi connectivity index (χ4v) is 2.10. The second-order valence-electron chi connectivity index (χ2n) is 4.54. The molecule has 94 valence electrons. The van der Waals surface area contributed by atoms with E-state index in [1.165, 1.54) is 0 Å². The Morgan fingerprint density at radius 2 is 1.83 bits per heavy atom. The van der Waals surface area contributed by atoms with Gasteiger partial charge in [0.05, 0.1) is 30.8 Å². The van der Waals surface area contributed by atoms with E-state index < -0.39 is 6.29 Å². The van der Waals surface area contributed by atoms with Gasteiger partial charge >= 0.3 is 0 Å². The van der Waals surface area contributed by atoms with E-state index in [0.717, 1.165) is 23.0 Å². The largest absolute Gasteiger partial charge is 0.348 e. The first-order chi connectivity index (χ1) is 8.65. The standard InChI is InChI=1S/C14H15NO3/c1-9-3-12(4-10(2)13(9)5-15)14-17-7-11(6-16)8-18-14/h3-4,6,11,14H,7-8H2,1-2H3. The first-order valence-corrected chi connectivity index (χ1v) is 5.85. The topological polar surface area (TPSA) is 59.3 Å². The average molecular weight is 245 g/mol. The summed E-state index contributed by atoms with van der Waals surface area (Å²) < 4.78 is 11.0. The van der Waals surface area contributed by atoms with E-state index in [1.54, 1.807) is 0 Å². The maximum atomic E-state index is 10.6. The molecule has 0 radical (unpaired) electrons. The Hall–Kier alpha value is -1.70. The summed E-state index contributed by atoms with van der Waals surface area (Å²) in [5.41, 5.74) is 3.42. The van der Waals surface area contributed by atoms with Gasteiger partial charge in [-0.05, 0) is 37.1 Å². The van der Waals surface area contributed by atoms with E-state index in [-0.39, 0.29) is 5.92 Å². The van der Waals surface area contributed by atoms with Crippen molar-refractivity contribution in [1.82, 2.24) is 0 Å². The number of benzene rings is 1. The monoisotopic (exact) mass is 245 g/mol. The molecule has 0 atom stereocenters. The van der Waals surface area contributed by atoms with Gasteiger partial charge in [-0.3, -0.25) is 0 Å². The molecule has 0 spiro atoms. The highest BCUT2D eigenvalue weighted by Crippen LogP contribution is 2.27. The van der Waals surface area contributed by atoms with E-state index >= 15 is 0 Å². The summed E-state index contributed by atoms with van der Waals surface area (Å²) in [6.07, 6.45) is 0.414. The molecule has 0 N–H and O–H groups in total. The predicted octanol–water partition coefficient (Wildman–Crippen LogP) is 2.04. The van der Waals surface area contributed by atoms with Gasteiger partial charge in [-0.2, -0.15) is 5.26 Å². The van der Waals surface area contributed by atoms with Gasteiger partial charge in [0, 0.05) is 5.56 Å². The molecule has 0 aromatic heterocycles. The van der Waals surface area contributed by atoms with Crippen molar-refractivity contribution >= 4 is 6.29 Å². The molecule has 0 amide bonds. The number of carbonyl (C=O) groups is 1. The van der Waals surface area contributed by atoms with Crippen LogP contribution in [-0.2, 0) is 14.3 Å². The van der Waals surface area contributed by atoms with Crippen LogP contribution < -0.4 is 0 Å². The summed E-state index contributed by atoms with van der Waals surface area (Å²) in [5.74, 6) is -0.179. The van der Waals surface area contributed by atoms with E-state index in [2.05, 4.69) is 6.07 Å². The summed E-state index contributed by atoms with van der Waals surface area (Å²) in [7, 11) is 0. The Kier molecular flexibility index (Phi) is 3.75. The number of hydrogen-bond acceptors (Lipinski definition) is 4. The number of nitriles is 1. The molecule has 0 aliphatic carbocycles. The molecule has 2 rings (SSSR count). The Bertz CT molecular complexity index is 473. The maximum Gasteiger partial charge on any atom is 0.183 e. The summed E-state index contributed by atoms with van der Waals surface area (Å²) in [6, 6.07) is 5.98. The molecule has 4 heteroatoms. The Balaban J connectivity index is 2.20. The first-order valence-electron chi connectivity index (χ1n) is 5.85. The fourth-order valence-electron chi connectivity index (χ4n) is 2.10. The summed E-state index contributed by atoms with van der Waals surface area (Å²) >= 11 is 0. The van der Waals surface area contributed by atoms with Gasteiger partial charge in [0.15, 0.2) is 6.29 Å². The highest BCUT2D eigenvalue weighted by atomic mass is 16.7. The number of nitrogens with zero attached hydrogens (tertiary/aromatic N) is 1. The molecular weight excluding hydrogens is 230 g/mol. The molecule has 1 aromatic carbocycles. The second kappa shape index (κ2) is 5.30. The molecule has 1 saturated heterocycles. The molecular formula is C14H15NO3. The number of aryl methyl sites for hydroxylation is 2. The number of aldehydes is 1. The minimum atomic E-state index is -0.439. The van der Waals surface area contributed by atoms with Crippen molar-refractivity contribution in [1.29, 1.82) is 5.26 Å². The van der Waals surface area contributed by atoms with Crippen LogP contribution in [0.2, 0.25) is 0 Å². The second-order valence-corrected chi connectivity index (χ2v) is 4.54. The summed E-state index contributed by atoms with van der Waals surface area (Å²) in [5, 5.41) is 9.02. The van der Waals surface area contributed by atoms with Crippen molar-refractivity contribution in [2.75, 3.05) is 13.2 Å². The molecule has 1 aromatic rings. The molecule has 1 aliphatic rings. The van der Waals surface area contributed by atoms with Crippen LogP contribution in [0.5, 0.6) is 0 Å². The Labute approximate surface area is 106 Å². The van der Waals surface area contributed by atoms with Gasteiger partial charge in [0.2, 0.25) is 0 Å². The molecule has 1 heterocycles. The van der Waals surface area contributed by atoms with Crippen molar-refractivity contribution in [3.63, 3.8) is 0 Å². The van der Waals surface area contributed by atoms with Gasteiger partial charge in [-0.25, -0.2) is 0 Å². The molecule has 1 fully saturated rings. The lowest BCUT2D eigenvalue weighted by molar-refractivity contribution is -0.201. The highest BCUT2D eigenvalue weighted by molar-refractivity contribution is 5.54. The van der Waals surface area contributed by atoms with Crippen LogP contribution in [0.3, 0.4) is 0 Å². The first kappa shape index (κ1) is 12.7. The zero-order valence-corrected chi connectivity index (χ0v) is 10.5. The minimum absolute atomic E-state index is 0.179. The van der Waals surface area contributed by atoms with Crippen molar-refractivity contribution in [3.8, 4) is 6.07 Å². The lowest BCUT2D eigenvalue weighted by Crippen LogP contribution is -2.28.